The Hall–Kier alpha value is 0.512. The first-order valence-electron chi connectivity index (χ1n) is 1.52. The second-order valence-electron chi connectivity index (χ2n) is 0.529. The molecule has 0 heterocycles. The molecule has 0 saturated carbocycles. The van der Waals surface area contributed by atoms with Gasteiger partial charge in [0.1, 0.15) is 0 Å². The summed E-state index contributed by atoms with van der Waals surface area (Å²) in [6, 6.07) is 0. The van der Waals surface area contributed by atoms with Gasteiger partial charge in [0.25, 0.3) is 0 Å². The van der Waals surface area contributed by atoms with Crippen LogP contribution in [-0.4, -0.2) is 45.7 Å². The fraction of sp³-hybridized carbons (Fsp3) is 1.00. The van der Waals surface area contributed by atoms with E-state index in [9.17, 15) is 0 Å². The molecule has 0 spiro atoms. The number of aliphatic hydroxyl groups is 2. The van der Waals surface area contributed by atoms with Crippen LogP contribution in [0, 0.1) is 0 Å². The highest BCUT2D eigenvalue weighted by molar-refractivity contribution is 7.16. The van der Waals surface area contributed by atoms with Gasteiger partial charge in [-0.15, -0.1) is 0 Å². The summed E-state index contributed by atoms with van der Waals surface area (Å²) in [5.74, 6) is 0. The lowest BCUT2D eigenvalue weighted by Crippen LogP contribution is -1.85. The van der Waals surface area contributed by atoms with E-state index in [4.69, 9.17) is 19.7 Å². The molecule has 0 saturated heterocycles. The minimum Gasteiger partial charge on any atom is -0.394 e. The van der Waals surface area contributed by atoms with Crippen LogP contribution < -0.4 is 0 Å². The molecule has 0 aliphatic carbocycles. The van der Waals surface area contributed by atoms with Gasteiger partial charge >= 0.3 is 8.69 Å². The lowest BCUT2D eigenvalue weighted by Gasteiger charge is -1.70. The molecule has 0 fully saturated rings. The SMILES string of the molecule is O=PO.OCCO.[AlH3]. The fourth-order valence-corrected chi connectivity index (χ4v) is 0. The Labute approximate surface area is 59.6 Å². The average molecular weight is 156 g/mol. The van der Waals surface area contributed by atoms with Crippen molar-refractivity contribution in [3.05, 3.63) is 0 Å². The summed E-state index contributed by atoms with van der Waals surface area (Å²) in [6.07, 6.45) is 0. The predicted octanol–water partition coefficient (Wildman–Crippen LogP) is -2.03. The molecule has 0 aliphatic heterocycles. The molecule has 0 amide bonds. The second-order valence-corrected chi connectivity index (χ2v) is 0.692. The highest BCUT2D eigenvalue weighted by Crippen LogP contribution is 1.66. The Balaban J connectivity index is -0.0000000575. The summed E-state index contributed by atoms with van der Waals surface area (Å²) >= 11 is 0. The summed E-state index contributed by atoms with van der Waals surface area (Å²) in [5.41, 5.74) is 0. The Morgan fingerprint density at radius 2 is 1.38 bits per heavy atom. The zero-order valence-electron chi connectivity index (χ0n) is 3.61. The van der Waals surface area contributed by atoms with Gasteiger partial charge < -0.3 is 15.1 Å². The molecular formula is C2H10AlO4P. The van der Waals surface area contributed by atoms with Crippen LogP contribution in [0.3, 0.4) is 0 Å². The van der Waals surface area contributed by atoms with E-state index in [0.717, 1.165) is 0 Å². The van der Waals surface area contributed by atoms with Gasteiger partial charge in [0, 0.05) is 0 Å². The van der Waals surface area contributed by atoms with Crippen molar-refractivity contribution in [2.45, 2.75) is 0 Å². The van der Waals surface area contributed by atoms with Crippen LogP contribution in [0.4, 0.5) is 0 Å². The van der Waals surface area contributed by atoms with Crippen LogP contribution in [0.15, 0.2) is 0 Å². The highest BCUT2D eigenvalue weighted by Gasteiger charge is 1.58. The van der Waals surface area contributed by atoms with E-state index in [1.807, 2.05) is 0 Å². The standard InChI is InChI=1S/C2H6O2.Al.HO2P.3H/c3-1-2-4;;1-3-2;;;/h3-4H,1-2H2;;(H,1,2);;;. The first-order chi connectivity index (χ1) is 3.33. The van der Waals surface area contributed by atoms with Crippen molar-refractivity contribution in [1.82, 2.24) is 0 Å². The maximum absolute atomic E-state index is 8.46. The molecule has 8 heavy (non-hydrogen) atoms. The van der Waals surface area contributed by atoms with Crippen molar-refractivity contribution < 1.29 is 19.7 Å². The highest BCUT2D eigenvalue weighted by atomic mass is 31.1. The number of hydrogen-bond donors (Lipinski definition) is 3. The summed E-state index contributed by atoms with van der Waals surface area (Å²) in [7, 11) is -0.833. The van der Waals surface area contributed by atoms with Gasteiger partial charge in [-0.25, -0.2) is 4.57 Å². The molecule has 0 aliphatic rings. The van der Waals surface area contributed by atoms with Crippen LogP contribution in [-0.2, 0) is 4.57 Å². The number of rotatable bonds is 1. The zero-order valence-corrected chi connectivity index (χ0v) is 4.51. The van der Waals surface area contributed by atoms with E-state index in [1.165, 1.54) is 0 Å². The molecule has 0 aromatic rings. The van der Waals surface area contributed by atoms with Crippen LogP contribution in [0.1, 0.15) is 0 Å². The third-order valence-electron chi connectivity index (χ3n) is 0.1000. The molecule has 0 rings (SSSR count). The third-order valence-corrected chi connectivity index (χ3v) is 0.1000. The minimum absolute atomic E-state index is 0. The molecule has 0 radical (unpaired) electrons. The predicted molar refractivity (Wildman–Crippen MR) is 33.9 cm³/mol. The van der Waals surface area contributed by atoms with E-state index < -0.39 is 8.69 Å². The third kappa shape index (κ3) is 86.5. The van der Waals surface area contributed by atoms with Gasteiger partial charge in [-0.1, -0.05) is 0 Å². The summed E-state index contributed by atoms with van der Waals surface area (Å²) in [4.78, 5) is 6.99. The Morgan fingerprint density at radius 3 is 1.38 bits per heavy atom. The van der Waals surface area contributed by atoms with Crippen LogP contribution in [0.5, 0.6) is 0 Å². The van der Waals surface area contributed by atoms with Gasteiger partial charge in [-0.05, 0) is 0 Å². The van der Waals surface area contributed by atoms with Gasteiger partial charge in [-0.2, -0.15) is 0 Å². The summed E-state index contributed by atoms with van der Waals surface area (Å²) in [5, 5.41) is 15.2. The van der Waals surface area contributed by atoms with Crippen molar-refractivity contribution in [2.24, 2.45) is 0 Å². The molecule has 0 atom stereocenters. The van der Waals surface area contributed by atoms with E-state index in [2.05, 4.69) is 0 Å². The monoisotopic (exact) mass is 156 g/mol. The molecule has 50 valence electrons. The molecule has 3 N–H and O–H groups in total. The Kier molecular flexibility index (Phi) is 51.0. The molecule has 0 unspecified atom stereocenters. The Bertz CT molecular complexity index is 33.2. The van der Waals surface area contributed by atoms with Crippen LogP contribution in [0.25, 0.3) is 0 Å². The van der Waals surface area contributed by atoms with Gasteiger partial charge in [-0.3, -0.25) is 0 Å². The van der Waals surface area contributed by atoms with Crippen LogP contribution >= 0.6 is 8.69 Å². The summed E-state index contributed by atoms with van der Waals surface area (Å²) in [6.45, 7) is -0.250. The van der Waals surface area contributed by atoms with Crippen molar-refractivity contribution >= 4 is 26.0 Å². The normalized spacial score (nSPS) is 6.38. The maximum Gasteiger partial charge on any atom is 0.324 e. The molecule has 0 bridgehead atoms. The van der Waals surface area contributed by atoms with E-state index in [1.54, 1.807) is 0 Å². The van der Waals surface area contributed by atoms with Crippen molar-refractivity contribution in [3.63, 3.8) is 0 Å². The smallest absolute Gasteiger partial charge is 0.324 e. The molecule has 4 nitrogen and oxygen atoms in total. The largest absolute Gasteiger partial charge is 0.394 e. The van der Waals surface area contributed by atoms with Crippen LogP contribution in [0.2, 0.25) is 0 Å². The number of aliphatic hydroxyl groups excluding tert-OH is 2. The molecule has 0 aromatic heterocycles. The molecule has 6 heteroatoms. The lowest BCUT2D eigenvalue weighted by molar-refractivity contribution is 0.186. The van der Waals surface area contributed by atoms with Crippen molar-refractivity contribution in [3.8, 4) is 0 Å². The van der Waals surface area contributed by atoms with Gasteiger partial charge in [0.2, 0.25) is 0 Å². The molecule has 0 aromatic carbocycles. The minimum atomic E-state index is -0.833. The first-order valence-corrected chi connectivity index (χ1v) is 2.28. The second kappa shape index (κ2) is 25.8. The van der Waals surface area contributed by atoms with Crippen molar-refractivity contribution in [1.29, 1.82) is 0 Å². The zero-order chi connectivity index (χ0) is 6.12. The average Bonchev–Trinajstić information content (AvgIpc) is 1.69. The van der Waals surface area contributed by atoms with E-state index >= 15 is 0 Å². The quantitative estimate of drug-likeness (QED) is 0.302. The summed E-state index contributed by atoms with van der Waals surface area (Å²) < 4.78 is 8.46. The maximum atomic E-state index is 8.46. The Morgan fingerprint density at radius 1 is 1.25 bits per heavy atom. The first kappa shape index (κ1) is 15.8. The van der Waals surface area contributed by atoms with E-state index in [0.29, 0.717) is 0 Å². The molecular weight excluding hydrogens is 146 g/mol. The topological polar surface area (TPSA) is 77.8 Å². The van der Waals surface area contributed by atoms with E-state index in [-0.39, 0.29) is 30.6 Å². The fourth-order valence-electron chi connectivity index (χ4n) is 0. The number of hydrogen-bond acceptors (Lipinski definition) is 3. The van der Waals surface area contributed by atoms with Gasteiger partial charge in [0.05, 0.1) is 13.2 Å². The van der Waals surface area contributed by atoms with Crippen molar-refractivity contribution in [2.75, 3.05) is 13.2 Å². The van der Waals surface area contributed by atoms with Gasteiger partial charge in [0.15, 0.2) is 17.4 Å². The lowest BCUT2D eigenvalue weighted by atomic mass is 10.8.